The monoisotopic (exact) mass is 327 g/mol. The highest BCUT2D eigenvalue weighted by Crippen LogP contribution is 2.18. The van der Waals surface area contributed by atoms with Crippen molar-refractivity contribution in [2.24, 2.45) is 4.99 Å². The number of nitrogens with zero attached hydrogens (tertiary/aromatic N) is 1. The van der Waals surface area contributed by atoms with Crippen LogP contribution < -0.4 is 9.47 Å². The van der Waals surface area contributed by atoms with E-state index in [1.54, 1.807) is 21.1 Å². The van der Waals surface area contributed by atoms with Gasteiger partial charge in [-0.1, -0.05) is 0 Å². The fourth-order valence-corrected chi connectivity index (χ4v) is 2.20. The van der Waals surface area contributed by atoms with Crippen molar-refractivity contribution >= 4 is 11.7 Å². The Bertz CT molecular complexity index is 641. The van der Waals surface area contributed by atoms with Crippen molar-refractivity contribution in [3.05, 3.63) is 59.7 Å². The van der Waals surface area contributed by atoms with Crippen LogP contribution in [-0.4, -0.2) is 39.1 Å². The van der Waals surface area contributed by atoms with E-state index in [0.29, 0.717) is 12.3 Å². The molecule has 0 saturated carbocycles. The van der Waals surface area contributed by atoms with Gasteiger partial charge in [0.05, 0.1) is 26.5 Å². The number of aliphatic imine (C=N–C) groups is 1. The summed E-state index contributed by atoms with van der Waals surface area (Å²) in [6.45, 7) is 2.09. The van der Waals surface area contributed by atoms with Crippen LogP contribution in [0.4, 0.5) is 0 Å². The Hall–Kier alpha value is -2.82. The van der Waals surface area contributed by atoms with E-state index in [1.807, 2.05) is 48.5 Å². The molecule has 0 aliphatic carbocycles. The smallest absolute Gasteiger partial charge is 0.327 e. The van der Waals surface area contributed by atoms with Crippen molar-refractivity contribution in [3.8, 4) is 11.5 Å². The molecule has 5 nitrogen and oxygen atoms in total. The molecule has 0 spiro atoms. The van der Waals surface area contributed by atoms with Crippen molar-refractivity contribution in [2.45, 2.75) is 6.92 Å². The third-order valence-corrected chi connectivity index (χ3v) is 3.40. The number of hydrogen-bond acceptors (Lipinski definition) is 5. The fraction of sp³-hybridized carbons (Fsp3) is 0.263. The molecule has 0 unspecified atom stereocenters. The summed E-state index contributed by atoms with van der Waals surface area (Å²) < 4.78 is 15.3. The molecule has 5 heteroatoms. The molecule has 0 fully saturated rings. The van der Waals surface area contributed by atoms with Crippen molar-refractivity contribution < 1.29 is 19.0 Å². The van der Waals surface area contributed by atoms with Gasteiger partial charge in [0, 0.05) is 11.1 Å². The SMILES string of the molecule is CCOC(=O)CN=C(c1ccc(OC)cc1)c1ccc(OC)cc1. The summed E-state index contributed by atoms with van der Waals surface area (Å²) in [6.07, 6.45) is 0. The van der Waals surface area contributed by atoms with E-state index in [1.165, 1.54) is 0 Å². The molecule has 0 heterocycles. The number of hydrogen-bond donors (Lipinski definition) is 0. The third-order valence-electron chi connectivity index (χ3n) is 3.40. The first-order valence-corrected chi connectivity index (χ1v) is 7.66. The lowest BCUT2D eigenvalue weighted by Crippen LogP contribution is -2.11. The van der Waals surface area contributed by atoms with Gasteiger partial charge in [-0.15, -0.1) is 0 Å². The molecule has 0 aliphatic heterocycles. The molecule has 126 valence electrons. The molecule has 24 heavy (non-hydrogen) atoms. The van der Waals surface area contributed by atoms with Gasteiger partial charge in [-0.05, 0) is 55.5 Å². The van der Waals surface area contributed by atoms with Crippen molar-refractivity contribution in [2.75, 3.05) is 27.4 Å². The Morgan fingerprint density at radius 1 is 0.875 bits per heavy atom. The van der Waals surface area contributed by atoms with E-state index in [0.717, 1.165) is 22.6 Å². The summed E-state index contributed by atoms with van der Waals surface area (Å²) in [6, 6.07) is 15.1. The average Bonchev–Trinajstić information content (AvgIpc) is 2.63. The number of carbonyl (C=O) groups excluding carboxylic acids is 1. The van der Waals surface area contributed by atoms with Crippen LogP contribution in [-0.2, 0) is 9.53 Å². The highest BCUT2D eigenvalue weighted by atomic mass is 16.5. The van der Waals surface area contributed by atoms with Crippen molar-refractivity contribution in [1.29, 1.82) is 0 Å². The number of ether oxygens (including phenoxy) is 3. The molecule has 0 aliphatic rings. The third kappa shape index (κ3) is 4.59. The predicted molar refractivity (Wildman–Crippen MR) is 93.1 cm³/mol. The molecule has 0 saturated heterocycles. The van der Waals surface area contributed by atoms with E-state index in [-0.39, 0.29) is 12.5 Å². The Morgan fingerprint density at radius 2 is 1.33 bits per heavy atom. The topological polar surface area (TPSA) is 57.1 Å². The molecular formula is C19H21NO4. The number of benzene rings is 2. The normalized spacial score (nSPS) is 9.96. The predicted octanol–water partition coefficient (Wildman–Crippen LogP) is 3.10. The average molecular weight is 327 g/mol. The second-order valence-corrected chi connectivity index (χ2v) is 4.93. The van der Waals surface area contributed by atoms with E-state index < -0.39 is 0 Å². The lowest BCUT2D eigenvalue weighted by Gasteiger charge is -2.10. The van der Waals surface area contributed by atoms with Gasteiger partial charge in [0.25, 0.3) is 0 Å². The van der Waals surface area contributed by atoms with Gasteiger partial charge in [-0.25, -0.2) is 0 Å². The van der Waals surface area contributed by atoms with Crippen molar-refractivity contribution in [1.82, 2.24) is 0 Å². The standard InChI is InChI=1S/C19H21NO4/c1-4-24-18(21)13-20-19(14-5-9-16(22-2)10-6-14)15-7-11-17(23-3)12-8-15/h5-12H,4,13H2,1-3H3. The first-order valence-electron chi connectivity index (χ1n) is 7.66. The molecule has 0 atom stereocenters. The van der Waals surface area contributed by atoms with Crippen LogP contribution in [0.3, 0.4) is 0 Å². The van der Waals surface area contributed by atoms with E-state index in [4.69, 9.17) is 14.2 Å². The maximum Gasteiger partial charge on any atom is 0.327 e. The molecule has 2 aromatic carbocycles. The van der Waals surface area contributed by atoms with Gasteiger partial charge in [-0.2, -0.15) is 0 Å². The van der Waals surface area contributed by atoms with Gasteiger partial charge in [0.2, 0.25) is 0 Å². The summed E-state index contributed by atoms with van der Waals surface area (Å²) in [5.74, 6) is 1.17. The first-order chi connectivity index (χ1) is 11.7. The summed E-state index contributed by atoms with van der Waals surface area (Å²) in [7, 11) is 3.24. The minimum absolute atomic E-state index is 0.0266. The number of carbonyl (C=O) groups is 1. The fourth-order valence-electron chi connectivity index (χ4n) is 2.20. The second kappa shape index (κ2) is 8.72. The molecule has 0 N–H and O–H groups in total. The van der Waals surface area contributed by atoms with Gasteiger partial charge in [0.15, 0.2) is 0 Å². The second-order valence-electron chi connectivity index (χ2n) is 4.93. The molecular weight excluding hydrogens is 306 g/mol. The number of rotatable bonds is 7. The minimum atomic E-state index is -0.350. The quantitative estimate of drug-likeness (QED) is 0.579. The lowest BCUT2D eigenvalue weighted by atomic mass is 10.0. The van der Waals surface area contributed by atoms with Crippen LogP contribution in [0.25, 0.3) is 0 Å². The summed E-state index contributed by atoms with van der Waals surface area (Å²) in [4.78, 5) is 16.1. The zero-order valence-electron chi connectivity index (χ0n) is 14.1. The van der Waals surface area contributed by atoms with Gasteiger partial charge in [-0.3, -0.25) is 9.79 Å². The van der Waals surface area contributed by atoms with Crippen LogP contribution in [0.15, 0.2) is 53.5 Å². The molecule has 2 rings (SSSR count). The van der Waals surface area contributed by atoms with Crippen LogP contribution in [0.2, 0.25) is 0 Å². The molecule has 2 aromatic rings. The van der Waals surface area contributed by atoms with Gasteiger partial charge >= 0.3 is 5.97 Å². The Labute approximate surface area is 141 Å². The molecule has 0 aromatic heterocycles. The molecule has 0 radical (unpaired) electrons. The first kappa shape index (κ1) is 17.5. The number of esters is 1. The Balaban J connectivity index is 2.35. The molecule has 0 bridgehead atoms. The maximum absolute atomic E-state index is 11.6. The summed E-state index contributed by atoms with van der Waals surface area (Å²) >= 11 is 0. The number of methoxy groups -OCH3 is 2. The summed E-state index contributed by atoms with van der Waals surface area (Å²) in [5, 5.41) is 0. The van der Waals surface area contributed by atoms with E-state index >= 15 is 0 Å². The minimum Gasteiger partial charge on any atom is -0.497 e. The van der Waals surface area contributed by atoms with E-state index in [2.05, 4.69) is 4.99 Å². The lowest BCUT2D eigenvalue weighted by molar-refractivity contribution is -0.141. The van der Waals surface area contributed by atoms with Crippen LogP contribution >= 0.6 is 0 Å². The largest absolute Gasteiger partial charge is 0.497 e. The zero-order valence-corrected chi connectivity index (χ0v) is 14.1. The van der Waals surface area contributed by atoms with Gasteiger partial charge < -0.3 is 14.2 Å². The Kier molecular flexibility index (Phi) is 6.37. The highest BCUT2D eigenvalue weighted by molar-refractivity contribution is 6.13. The van der Waals surface area contributed by atoms with Crippen LogP contribution in [0, 0.1) is 0 Å². The van der Waals surface area contributed by atoms with Crippen molar-refractivity contribution in [3.63, 3.8) is 0 Å². The summed E-state index contributed by atoms with van der Waals surface area (Å²) in [5.41, 5.74) is 2.50. The van der Waals surface area contributed by atoms with E-state index in [9.17, 15) is 4.79 Å². The molecule has 0 amide bonds. The van der Waals surface area contributed by atoms with Crippen LogP contribution in [0.1, 0.15) is 18.1 Å². The Morgan fingerprint density at radius 3 is 1.71 bits per heavy atom. The maximum atomic E-state index is 11.6. The highest BCUT2D eigenvalue weighted by Gasteiger charge is 2.09. The van der Waals surface area contributed by atoms with Gasteiger partial charge in [0.1, 0.15) is 18.0 Å². The van der Waals surface area contributed by atoms with Crippen LogP contribution in [0.5, 0.6) is 11.5 Å². The zero-order chi connectivity index (χ0) is 17.4.